The molecular weight excluding hydrogens is 254 g/mol. The highest BCUT2D eigenvalue weighted by Gasteiger charge is 2.17. The molecule has 4 heteroatoms. The second-order valence-electron chi connectivity index (χ2n) is 5.18. The smallest absolute Gasteiger partial charge is 0.165 e. The largest absolute Gasteiger partial charge is 0.493 e. The fraction of sp³-hybridized carbons (Fsp3) is 0.625. The zero-order valence-corrected chi connectivity index (χ0v) is 13.3. The third-order valence-electron chi connectivity index (χ3n) is 2.97. The van der Waals surface area contributed by atoms with Crippen molar-refractivity contribution in [2.75, 3.05) is 26.9 Å². The Balaban J connectivity index is 2.66. The normalized spacial score (nSPS) is 11.4. The van der Waals surface area contributed by atoms with Gasteiger partial charge in [-0.15, -0.1) is 0 Å². The van der Waals surface area contributed by atoms with Crippen molar-refractivity contribution >= 4 is 0 Å². The van der Waals surface area contributed by atoms with E-state index in [9.17, 15) is 0 Å². The summed E-state index contributed by atoms with van der Waals surface area (Å²) in [6.07, 6.45) is 0. The van der Waals surface area contributed by atoms with Crippen LogP contribution in [0.2, 0.25) is 0 Å². The molecule has 0 atom stereocenters. The molecule has 0 saturated carbocycles. The van der Waals surface area contributed by atoms with Gasteiger partial charge < -0.3 is 19.5 Å². The zero-order chi connectivity index (χ0) is 15.0. The lowest BCUT2D eigenvalue weighted by Crippen LogP contribution is -2.37. The van der Waals surface area contributed by atoms with Crippen molar-refractivity contribution in [3.05, 3.63) is 23.8 Å². The van der Waals surface area contributed by atoms with Crippen LogP contribution in [0.1, 0.15) is 33.3 Å². The van der Waals surface area contributed by atoms with Crippen LogP contribution in [-0.4, -0.2) is 32.5 Å². The molecule has 0 fully saturated rings. The highest BCUT2D eigenvalue weighted by molar-refractivity contribution is 5.46. The van der Waals surface area contributed by atoms with E-state index in [0.717, 1.165) is 36.8 Å². The van der Waals surface area contributed by atoms with Gasteiger partial charge in [0.2, 0.25) is 0 Å². The van der Waals surface area contributed by atoms with Crippen molar-refractivity contribution in [3.8, 4) is 11.5 Å². The van der Waals surface area contributed by atoms with Crippen LogP contribution in [0.5, 0.6) is 11.5 Å². The van der Waals surface area contributed by atoms with E-state index in [2.05, 4.69) is 19.2 Å². The summed E-state index contributed by atoms with van der Waals surface area (Å²) in [5, 5.41) is 3.41. The van der Waals surface area contributed by atoms with Crippen molar-refractivity contribution in [3.63, 3.8) is 0 Å². The van der Waals surface area contributed by atoms with Crippen LogP contribution in [0.25, 0.3) is 0 Å². The van der Waals surface area contributed by atoms with Crippen molar-refractivity contribution in [2.45, 2.75) is 39.8 Å². The van der Waals surface area contributed by atoms with Crippen LogP contribution in [0.4, 0.5) is 0 Å². The zero-order valence-electron chi connectivity index (χ0n) is 13.3. The highest BCUT2D eigenvalue weighted by Crippen LogP contribution is 2.30. The molecule has 0 radical (unpaired) electrons. The Morgan fingerprint density at radius 2 is 1.90 bits per heavy atom. The van der Waals surface area contributed by atoms with Gasteiger partial charge in [0.05, 0.1) is 19.3 Å². The third kappa shape index (κ3) is 5.02. The fourth-order valence-electron chi connectivity index (χ4n) is 2.14. The summed E-state index contributed by atoms with van der Waals surface area (Å²) in [5.41, 5.74) is 0.922. The summed E-state index contributed by atoms with van der Waals surface area (Å²) in [6.45, 7) is 11.0. The molecule has 0 aromatic heterocycles. The molecule has 0 aliphatic heterocycles. The number of hydrogen-bond acceptors (Lipinski definition) is 4. The number of para-hydroxylation sites is 1. The van der Waals surface area contributed by atoms with E-state index in [1.165, 1.54) is 0 Å². The van der Waals surface area contributed by atoms with Crippen LogP contribution in [0.15, 0.2) is 18.2 Å². The lowest BCUT2D eigenvalue weighted by molar-refractivity contribution is -0.00900. The van der Waals surface area contributed by atoms with Crippen molar-refractivity contribution in [2.24, 2.45) is 0 Å². The summed E-state index contributed by atoms with van der Waals surface area (Å²) in [5.74, 6) is 1.59. The minimum absolute atomic E-state index is 0.167. The van der Waals surface area contributed by atoms with Crippen molar-refractivity contribution in [1.29, 1.82) is 0 Å². The number of nitrogens with one attached hydrogen (secondary N) is 1. The lowest BCUT2D eigenvalue weighted by atomic mass is 10.1. The number of rotatable bonds is 9. The van der Waals surface area contributed by atoms with E-state index in [1.54, 1.807) is 7.11 Å². The Hall–Kier alpha value is -1.26. The number of benzene rings is 1. The standard InChI is InChI=1S/C16H27NO3/c1-6-19-14-10-8-9-13(15(14)18-5)11-17-12-16(3,4)20-7-2/h8-10,17H,6-7,11-12H2,1-5H3. The Labute approximate surface area is 122 Å². The first kappa shape index (κ1) is 16.8. The minimum atomic E-state index is -0.167. The van der Waals surface area contributed by atoms with Crippen molar-refractivity contribution in [1.82, 2.24) is 5.32 Å². The molecule has 1 rings (SSSR count). The molecule has 1 N–H and O–H groups in total. The van der Waals surface area contributed by atoms with Gasteiger partial charge >= 0.3 is 0 Å². The maximum atomic E-state index is 5.67. The van der Waals surface area contributed by atoms with Crippen LogP contribution in [-0.2, 0) is 11.3 Å². The van der Waals surface area contributed by atoms with Gasteiger partial charge in [0.1, 0.15) is 0 Å². The Morgan fingerprint density at radius 1 is 1.15 bits per heavy atom. The molecule has 114 valence electrons. The molecule has 0 unspecified atom stereocenters. The molecule has 0 aliphatic carbocycles. The van der Waals surface area contributed by atoms with Gasteiger partial charge in [-0.2, -0.15) is 0 Å². The first-order chi connectivity index (χ1) is 9.54. The Morgan fingerprint density at radius 3 is 2.50 bits per heavy atom. The second-order valence-corrected chi connectivity index (χ2v) is 5.18. The van der Waals surface area contributed by atoms with Crippen LogP contribution in [0, 0.1) is 0 Å². The Kier molecular flexibility index (Phi) is 6.82. The van der Waals surface area contributed by atoms with Gasteiger partial charge in [0.15, 0.2) is 11.5 Å². The molecule has 0 heterocycles. The van der Waals surface area contributed by atoms with E-state index >= 15 is 0 Å². The SMILES string of the molecule is CCOc1cccc(CNCC(C)(C)OCC)c1OC. The van der Waals surface area contributed by atoms with E-state index in [-0.39, 0.29) is 5.60 Å². The Bertz CT molecular complexity index is 405. The number of ether oxygens (including phenoxy) is 3. The van der Waals surface area contributed by atoms with Crippen LogP contribution >= 0.6 is 0 Å². The average Bonchev–Trinajstić information content (AvgIpc) is 2.39. The molecule has 1 aromatic rings. The van der Waals surface area contributed by atoms with Gasteiger partial charge in [-0.1, -0.05) is 12.1 Å². The van der Waals surface area contributed by atoms with E-state index in [4.69, 9.17) is 14.2 Å². The van der Waals surface area contributed by atoms with Crippen LogP contribution < -0.4 is 14.8 Å². The summed E-state index contributed by atoms with van der Waals surface area (Å²) in [7, 11) is 1.67. The third-order valence-corrected chi connectivity index (χ3v) is 2.97. The minimum Gasteiger partial charge on any atom is -0.493 e. The number of methoxy groups -OCH3 is 1. The van der Waals surface area contributed by atoms with Gasteiger partial charge in [-0.05, 0) is 33.8 Å². The first-order valence-electron chi connectivity index (χ1n) is 7.17. The molecule has 1 aromatic carbocycles. The molecule has 0 aliphatic rings. The summed E-state index contributed by atoms with van der Waals surface area (Å²) in [6, 6.07) is 5.95. The molecule has 0 amide bonds. The molecule has 0 spiro atoms. The predicted octanol–water partition coefficient (Wildman–Crippen LogP) is 3.00. The van der Waals surface area contributed by atoms with E-state index in [0.29, 0.717) is 6.61 Å². The summed E-state index contributed by atoms with van der Waals surface area (Å²) < 4.78 is 16.7. The monoisotopic (exact) mass is 281 g/mol. The quantitative estimate of drug-likeness (QED) is 0.755. The molecular formula is C16H27NO3. The van der Waals surface area contributed by atoms with Gasteiger partial charge in [0.25, 0.3) is 0 Å². The van der Waals surface area contributed by atoms with Gasteiger partial charge in [-0.25, -0.2) is 0 Å². The molecule has 4 nitrogen and oxygen atoms in total. The lowest BCUT2D eigenvalue weighted by Gasteiger charge is -2.25. The van der Waals surface area contributed by atoms with Crippen LogP contribution in [0.3, 0.4) is 0 Å². The first-order valence-corrected chi connectivity index (χ1v) is 7.17. The van der Waals surface area contributed by atoms with E-state index in [1.807, 2.05) is 32.0 Å². The molecule has 0 saturated heterocycles. The second kappa shape index (κ2) is 8.12. The van der Waals surface area contributed by atoms with Gasteiger partial charge in [-0.3, -0.25) is 0 Å². The van der Waals surface area contributed by atoms with Crippen molar-refractivity contribution < 1.29 is 14.2 Å². The van der Waals surface area contributed by atoms with E-state index < -0.39 is 0 Å². The summed E-state index contributed by atoms with van der Waals surface area (Å²) in [4.78, 5) is 0. The number of hydrogen-bond donors (Lipinski definition) is 1. The topological polar surface area (TPSA) is 39.7 Å². The van der Waals surface area contributed by atoms with Gasteiger partial charge in [0, 0.05) is 25.3 Å². The average molecular weight is 281 g/mol. The molecule has 20 heavy (non-hydrogen) atoms. The predicted molar refractivity (Wildman–Crippen MR) is 81.6 cm³/mol. The fourth-order valence-corrected chi connectivity index (χ4v) is 2.14. The maximum Gasteiger partial charge on any atom is 0.165 e. The highest BCUT2D eigenvalue weighted by atomic mass is 16.5. The molecule has 0 bridgehead atoms. The summed E-state index contributed by atoms with van der Waals surface area (Å²) >= 11 is 0. The maximum absolute atomic E-state index is 5.67.